The summed E-state index contributed by atoms with van der Waals surface area (Å²) >= 11 is 1.10. The van der Waals surface area contributed by atoms with Gasteiger partial charge in [0.2, 0.25) is 0 Å². The molecule has 0 radical (unpaired) electrons. The van der Waals surface area contributed by atoms with Crippen LogP contribution in [0, 0.1) is 0 Å². The van der Waals surface area contributed by atoms with Crippen LogP contribution in [0.3, 0.4) is 0 Å². The highest BCUT2D eigenvalue weighted by Gasteiger charge is 2.35. The third-order valence-corrected chi connectivity index (χ3v) is 7.08. The van der Waals surface area contributed by atoms with Gasteiger partial charge < -0.3 is 15.0 Å². The average Bonchev–Trinajstić information content (AvgIpc) is 3.48. The molecule has 1 aliphatic heterocycles. The molecule has 1 aromatic heterocycles. The van der Waals surface area contributed by atoms with Gasteiger partial charge in [-0.2, -0.15) is 5.10 Å². The van der Waals surface area contributed by atoms with E-state index in [-0.39, 0.29) is 22.7 Å². The first-order valence-corrected chi connectivity index (χ1v) is 12.3. The van der Waals surface area contributed by atoms with Gasteiger partial charge in [-0.1, -0.05) is 65.9 Å². The van der Waals surface area contributed by atoms with Gasteiger partial charge in [-0.25, -0.2) is 5.10 Å². The van der Waals surface area contributed by atoms with Crippen molar-refractivity contribution >= 4 is 17.2 Å². The monoisotopic (exact) mass is 486 g/mol. The van der Waals surface area contributed by atoms with E-state index in [1.807, 2.05) is 49.5 Å². The number of hydrogen-bond acceptors (Lipinski definition) is 6. The molecule has 7 nitrogen and oxygen atoms in total. The summed E-state index contributed by atoms with van der Waals surface area (Å²) < 4.78 is 6.04. The maximum absolute atomic E-state index is 12.9. The summed E-state index contributed by atoms with van der Waals surface area (Å²) in [7, 11) is 2.00. The van der Waals surface area contributed by atoms with Crippen molar-refractivity contribution in [3.63, 3.8) is 0 Å². The van der Waals surface area contributed by atoms with Gasteiger partial charge in [0.05, 0.1) is 6.04 Å². The molecule has 0 bridgehead atoms. The largest absolute Gasteiger partial charge is 0.489 e. The Hall–Kier alpha value is -3.75. The third kappa shape index (κ3) is 5.34. The van der Waals surface area contributed by atoms with Gasteiger partial charge in [0.15, 0.2) is 0 Å². The summed E-state index contributed by atoms with van der Waals surface area (Å²) in [4.78, 5) is 26.4. The molecule has 0 unspecified atom stereocenters. The first-order chi connectivity index (χ1) is 17.1. The molecule has 8 heteroatoms. The molecule has 0 saturated carbocycles. The fourth-order valence-corrected chi connectivity index (χ4v) is 5.22. The van der Waals surface area contributed by atoms with Crippen LogP contribution in [0.5, 0.6) is 5.75 Å². The molecule has 0 spiro atoms. The maximum Gasteiger partial charge on any atom is 0.322 e. The minimum absolute atomic E-state index is 0.0137. The number of rotatable bonds is 7. The number of likely N-dealkylation sites (tertiary alicyclic amines) is 1. The Morgan fingerprint density at radius 3 is 2.54 bits per heavy atom. The number of amides is 1. The van der Waals surface area contributed by atoms with Crippen LogP contribution in [-0.2, 0) is 6.61 Å². The van der Waals surface area contributed by atoms with Crippen LogP contribution in [0.15, 0.2) is 83.7 Å². The minimum Gasteiger partial charge on any atom is -0.489 e. The van der Waals surface area contributed by atoms with E-state index in [0.717, 1.165) is 39.6 Å². The molecule has 2 atom stereocenters. The number of hydrogen-bond donors (Lipinski definition) is 2. The molecular weight excluding hydrogens is 460 g/mol. The van der Waals surface area contributed by atoms with E-state index >= 15 is 0 Å². The minimum atomic E-state index is -0.179. The first-order valence-electron chi connectivity index (χ1n) is 11.5. The number of carbonyl (C=O) groups excluding carboxylic acids is 1. The van der Waals surface area contributed by atoms with Crippen molar-refractivity contribution in [1.29, 1.82) is 0 Å². The van der Waals surface area contributed by atoms with Crippen molar-refractivity contribution in [1.82, 2.24) is 20.4 Å². The number of carbonyl (C=O) groups is 1. The molecule has 2 heterocycles. The second kappa shape index (κ2) is 10.2. The van der Waals surface area contributed by atoms with Crippen LogP contribution in [-0.4, -0.2) is 47.2 Å². The highest BCUT2D eigenvalue weighted by molar-refractivity contribution is 7.08. The normalized spacial score (nSPS) is 17.9. The van der Waals surface area contributed by atoms with Crippen LogP contribution in [0.4, 0.5) is 0 Å². The number of nitrogens with zero attached hydrogens (tertiary/aromatic N) is 2. The Bertz CT molecular complexity index is 1350. The van der Waals surface area contributed by atoms with E-state index in [2.05, 4.69) is 44.7 Å². The SMILES string of the molecule is CN1C[C@H](c2n[nH]c(=O)s2)[C@H](NC(=O)c2ccc(OCc3ccccc3-c3ccccc3)cc2)C1. The summed E-state index contributed by atoms with van der Waals surface area (Å²) in [5.74, 6) is 0.531. The molecular formula is C27H26N4O3S. The molecule has 3 aromatic carbocycles. The second-order valence-electron chi connectivity index (χ2n) is 8.70. The smallest absolute Gasteiger partial charge is 0.322 e. The lowest BCUT2D eigenvalue weighted by Crippen LogP contribution is -2.39. The van der Waals surface area contributed by atoms with Crippen LogP contribution in [0.1, 0.15) is 26.8 Å². The maximum atomic E-state index is 12.9. The standard InChI is InChI=1S/C27H26N4O3S/c1-31-15-23(26-29-30-27(33)35-26)24(16-31)28-25(32)19-11-13-21(14-12-19)34-17-20-9-5-6-10-22(20)18-7-3-2-4-8-18/h2-14,23-24H,15-17H2,1H3,(H,28,32)(H,30,33)/t23-,24+/m0/s1. The van der Waals surface area contributed by atoms with Gasteiger partial charge in [-0.15, -0.1) is 0 Å². The zero-order valence-electron chi connectivity index (χ0n) is 19.3. The van der Waals surface area contributed by atoms with E-state index in [9.17, 15) is 9.59 Å². The molecule has 178 valence electrons. The summed E-state index contributed by atoms with van der Waals surface area (Å²) in [6.07, 6.45) is 0. The van der Waals surface area contributed by atoms with Crippen LogP contribution >= 0.6 is 11.3 Å². The number of ether oxygens (including phenoxy) is 1. The summed E-state index contributed by atoms with van der Waals surface area (Å²) in [6, 6.07) is 25.5. The average molecular weight is 487 g/mol. The topological polar surface area (TPSA) is 87.3 Å². The fraction of sp³-hybridized carbons (Fsp3) is 0.222. The van der Waals surface area contributed by atoms with Crippen molar-refractivity contribution in [2.24, 2.45) is 0 Å². The fourth-order valence-electron chi connectivity index (χ4n) is 4.46. The lowest BCUT2D eigenvalue weighted by molar-refractivity contribution is 0.0935. The zero-order valence-corrected chi connectivity index (χ0v) is 20.1. The van der Waals surface area contributed by atoms with Crippen molar-refractivity contribution in [3.05, 3.63) is 105 Å². The Labute approximate surface area is 207 Å². The molecule has 0 aliphatic carbocycles. The number of aromatic amines is 1. The van der Waals surface area contributed by atoms with Crippen molar-refractivity contribution in [2.45, 2.75) is 18.6 Å². The second-order valence-corrected chi connectivity index (χ2v) is 9.69. The number of likely N-dealkylation sites (N-methyl/N-ethyl adjacent to an activating group) is 1. The van der Waals surface area contributed by atoms with E-state index < -0.39 is 0 Å². The Balaban J connectivity index is 1.23. The Kier molecular flexibility index (Phi) is 6.74. The third-order valence-electron chi connectivity index (χ3n) is 6.20. The van der Waals surface area contributed by atoms with Gasteiger partial charge in [-0.3, -0.25) is 9.59 Å². The molecule has 4 aromatic rings. The highest BCUT2D eigenvalue weighted by atomic mass is 32.1. The molecule has 1 saturated heterocycles. The lowest BCUT2D eigenvalue weighted by Gasteiger charge is -2.18. The van der Waals surface area contributed by atoms with Crippen LogP contribution in [0.2, 0.25) is 0 Å². The van der Waals surface area contributed by atoms with Crippen molar-refractivity contribution in [3.8, 4) is 16.9 Å². The molecule has 1 aliphatic rings. The highest BCUT2D eigenvalue weighted by Crippen LogP contribution is 2.27. The lowest BCUT2D eigenvalue weighted by atomic mass is 10.0. The van der Waals surface area contributed by atoms with Gasteiger partial charge in [0, 0.05) is 24.6 Å². The molecule has 1 amide bonds. The van der Waals surface area contributed by atoms with E-state index in [4.69, 9.17) is 4.74 Å². The van der Waals surface area contributed by atoms with Gasteiger partial charge in [-0.05, 0) is 48.0 Å². The van der Waals surface area contributed by atoms with Gasteiger partial charge in [0.25, 0.3) is 5.91 Å². The predicted molar refractivity (Wildman–Crippen MR) is 137 cm³/mol. The van der Waals surface area contributed by atoms with Crippen molar-refractivity contribution in [2.75, 3.05) is 20.1 Å². The molecule has 5 rings (SSSR count). The number of benzene rings is 3. The van der Waals surface area contributed by atoms with E-state index in [0.29, 0.717) is 24.5 Å². The van der Waals surface area contributed by atoms with Crippen LogP contribution < -0.4 is 14.9 Å². The number of aromatic nitrogens is 2. The van der Waals surface area contributed by atoms with Gasteiger partial charge in [0.1, 0.15) is 17.4 Å². The first kappa shape index (κ1) is 23.0. The Morgan fingerprint density at radius 2 is 1.80 bits per heavy atom. The van der Waals surface area contributed by atoms with E-state index in [1.165, 1.54) is 0 Å². The van der Waals surface area contributed by atoms with E-state index in [1.54, 1.807) is 12.1 Å². The number of H-pyrrole nitrogens is 1. The summed E-state index contributed by atoms with van der Waals surface area (Å²) in [6.45, 7) is 1.87. The zero-order chi connectivity index (χ0) is 24.2. The Morgan fingerprint density at radius 1 is 1.06 bits per heavy atom. The molecule has 1 fully saturated rings. The quantitative estimate of drug-likeness (QED) is 0.414. The number of nitrogens with one attached hydrogen (secondary N) is 2. The molecule has 2 N–H and O–H groups in total. The summed E-state index contributed by atoms with van der Waals surface area (Å²) in [5, 5.41) is 10.4. The van der Waals surface area contributed by atoms with Crippen LogP contribution in [0.25, 0.3) is 11.1 Å². The van der Waals surface area contributed by atoms with Crippen molar-refractivity contribution < 1.29 is 9.53 Å². The predicted octanol–water partition coefficient (Wildman–Crippen LogP) is 3.91. The van der Waals surface area contributed by atoms with Gasteiger partial charge >= 0.3 is 4.87 Å². The summed E-state index contributed by atoms with van der Waals surface area (Å²) in [5.41, 5.74) is 3.95. The molecule has 35 heavy (non-hydrogen) atoms.